The van der Waals surface area contributed by atoms with E-state index in [1.54, 1.807) is 38.3 Å². The second-order valence-electron chi connectivity index (χ2n) is 6.27. The topological polar surface area (TPSA) is 78.3 Å². The summed E-state index contributed by atoms with van der Waals surface area (Å²) in [5.74, 6) is 0.244. The lowest BCUT2D eigenvalue weighted by Crippen LogP contribution is -2.29. The van der Waals surface area contributed by atoms with Gasteiger partial charge in [0.25, 0.3) is 5.91 Å². The summed E-state index contributed by atoms with van der Waals surface area (Å²) in [5.41, 5.74) is 0.552. The van der Waals surface area contributed by atoms with Crippen molar-refractivity contribution in [2.45, 2.75) is 13.1 Å². The van der Waals surface area contributed by atoms with Crippen molar-refractivity contribution in [3.63, 3.8) is 0 Å². The smallest absolute Gasteiger partial charge is 0.416 e. The van der Waals surface area contributed by atoms with Crippen LogP contribution in [-0.4, -0.2) is 41.2 Å². The molecule has 158 valence electrons. The van der Waals surface area contributed by atoms with E-state index in [1.807, 2.05) is 0 Å². The molecule has 10 heteroatoms. The molecule has 2 aromatic carbocycles. The molecule has 3 aromatic rings. The van der Waals surface area contributed by atoms with Crippen LogP contribution in [0.3, 0.4) is 0 Å². The summed E-state index contributed by atoms with van der Waals surface area (Å²) < 4.78 is 50.1. The quantitative estimate of drug-likeness (QED) is 0.593. The van der Waals surface area contributed by atoms with E-state index in [1.165, 1.54) is 16.8 Å². The summed E-state index contributed by atoms with van der Waals surface area (Å²) in [6.45, 7) is 1.78. The van der Waals surface area contributed by atoms with Gasteiger partial charge in [-0.05, 0) is 37.3 Å². The number of amides is 1. The number of rotatable bonds is 7. The maximum Gasteiger partial charge on any atom is 0.416 e. The predicted molar refractivity (Wildman–Crippen MR) is 102 cm³/mol. The van der Waals surface area contributed by atoms with Crippen molar-refractivity contribution in [2.24, 2.45) is 0 Å². The molecule has 0 saturated carbocycles. The van der Waals surface area contributed by atoms with Gasteiger partial charge >= 0.3 is 6.18 Å². The zero-order valence-corrected chi connectivity index (χ0v) is 16.2. The van der Waals surface area contributed by atoms with Crippen LogP contribution >= 0.6 is 0 Å². The molecule has 1 heterocycles. The highest BCUT2D eigenvalue weighted by Gasteiger charge is 2.30. The normalized spacial score (nSPS) is 11.2. The Labute approximate surface area is 170 Å². The van der Waals surface area contributed by atoms with Gasteiger partial charge in [-0.15, -0.1) is 5.10 Å². The number of nitrogens with zero attached hydrogens (tertiary/aromatic N) is 3. The number of hydrogen-bond acceptors (Lipinski definition) is 5. The third kappa shape index (κ3) is 4.88. The van der Waals surface area contributed by atoms with Crippen molar-refractivity contribution in [3.8, 4) is 17.2 Å². The van der Waals surface area contributed by atoms with Gasteiger partial charge in [-0.3, -0.25) is 4.79 Å². The summed E-state index contributed by atoms with van der Waals surface area (Å²) in [4.78, 5) is 12.4. The SMILES string of the molecule is COc1cccc(-n2nnc(C(=O)NCCOc3cccc(C(F)(F)F)c3)c2C)c1. The Morgan fingerprint density at radius 2 is 1.87 bits per heavy atom. The number of nitrogens with one attached hydrogen (secondary N) is 1. The van der Waals surface area contributed by atoms with Crippen molar-refractivity contribution in [3.05, 3.63) is 65.5 Å². The average Bonchev–Trinajstić information content (AvgIpc) is 3.12. The van der Waals surface area contributed by atoms with Crippen LogP contribution in [0, 0.1) is 6.92 Å². The van der Waals surface area contributed by atoms with Crippen LogP contribution < -0.4 is 14.8 Å². The van der Waals surface area contributed by atoms with Gasteiger partial charge in [0.2, 0.25) is 0 Å². The molecule has 0 aliphatic rings. The molecule has 0 saturated heterocycles. The third-order valence-electron chi connectivity index (χ3n) is 4.23. The lowest BCUT2D eigenvalue weighted by Gasteiger charge is -2.10. The molecule has 0 aliphatic heterocycles. The van der Waals surface area contributed by atoms with Gasteiger partial charge in [0.05, 0.1) is 30.6 Å². The molecule has 0 unspecified atom stereocenters. The van der Waals surface area contributed by atoms with Crippen LogP contribution in [0.2, 0.25) is 0 Å². The monoisotopic (exact) mass is 420 g/mol. The maximum atomic E-state index is 12.7. The summed E-state index contributed by atoms with van der Waals surface area (Å²) in [5, 5.41) is 10.5. The van der Waals surface area contributed by atoms with Crippen LogP contribution in [0.1, 0.15) is 21.7 Å². The van der Waals surface area contributed by atoms with Gasteiger partial charge in [-0.25, -0.2) is 4.68 Å². The molecule has 30 heavy (non-hydrogen) atoms. The van der Waals surface area contributed by atoms with Crippen LogP contribution in [0.5, 0.6) is 11.5 Å². The Hall–Kier alpha value is -3.56. The molecular formula is C20H19F3N4O3. The molecule has 0 atom stereocenters. The Balaban J connectivity index is 1.58. The zero-order valence-electron chi connectivity index (χ0n) is 16.2. The highest BCUT2D eigenvalue weighted by atomic mass is 19.4. The molecule has 0 bridgehead atoms. The number of carbonyl (C=O) groups excluding carboxylic acids is 1. The van der Waals surface area contributed by atoms with E-state index in [0.29, 0.717) is 17.1 Å². The predicted octanol–water partition coefficient (Wildman–Crippen LogP) is 3.41. The number of aromatic nitrogens is 3. The van der Waals surface area contributed by atoms with Crippen molar-refractivity contribution in [2.75, 3.05) is 20.3 Å². The van der Waals surface area contributed by atoms with E-state index in [-0.39, 0.29) is 24.6 Å². The van der Waals surface area contributed by atoms with Gasteiger partial charge in [0.1, 0.15) is 18.1 Å². The summed E-state index contributed by atoms with van der Waals surface area (Å²) in [6, 6.07) is 11.7. The average molecular weight is 420 g/mol. The van der Waals surface area contributed by atoms with Crippen LogP contribution in [0.25, 0.3) is 5.69 Å². The minimum absolute atomic E-state index is 0.00385. The molecule has 1 amide bonds. The minimum Gasteiger partial charge on any atom is -0.497 e. The Morgan fingerprint density at radius 1 is 1.13 bits per heavy atom. The number of carbonyl (C=O) groups is 1. The van der Waals surface area contributed by atoms with E-state index in [0.717, 1.165) is 12.1 Å². The first-order valence-electron chi connectivity index (χ1n) is 8.94. The van der Waals surface area contributed by atoms with Gasteiger partial charge in [0.15, 0.2) is 5.69 Å². The van der Waals surface area contributed by atoms with Crippen LogP contribution in [-0.2, 0) is 6.18 Å². The summed E-state index contributed by atoms with van der Waals surface area (Å²) in [6.07, 6.45) is -4.44. The summed E-state index contributed by atoms with van der Waals surface area (Å²) >= 11 is 0. The number of halogens is 3. The summed E-state index contributed by atoms with van der Waals surface area (Å²) in [7, 11) is 1.55. The molecule has 7 nitrogen and oxygen atoms in total. The highest BCUT2D eigenvalue weighted by Crippen LogP contribution is 2.31. The third-order valence-corrected chi connectivity index (χ3v) is 4.23. The zero-order chi connectivity index (χ0) is 21.7. The molecular weight excluding hydrogens is 401 g/mol. The number of alkyl halides is 3. The van der Waals surface area contributed by atoms with Gasteiger partial charge in [-0.2, -0.15) is 13.2 Å². The molecule has 1 aromatic heterocycles. The standard InChI is InChI=1S/C20H19F3N4O3/c1-13-18(25-26-27(13)15-6-4-7-16(12-15)29-2)19(28)24-9-10-30-17-8-3-5-14(11-17)20(21,22)23/h3-8,11-12H,9-10H2,1-2H3,(H,24,28). The Morgan fingerprint density at radius 3 is 2.60 bits per heavy atom. The molecule has 3 rings (SSSR count). The number of methoxy groups -OCH3 is 1. The first-order valence-corrected chi connectivity index (χ1v) is 8.94. The number of benzene rings is 2. The largest absolute Gasteiger partial charge is 0.497 e. The van der Waals surface area contributed by atoms with Crippen molar-refractivity contribution >= 4 is 5.91 Å². The highest BCUT2D eigenvalue weighted by molar-refractivity contribution is 5.93. The maximum absolute atomic E-state index is 12.7. The first-order chi connectivity index (χ1) is 14.3. The molecule has 0 aliphatic carbocycles. The molecule has 0 fully saturated rings. The number of ether oxygens (including phenoxy) is 2. The van der Waals surface area contributed by atoms with E-state index in [4.69, 9.17) is 9.47 Å². The fourth-order valence-corrected chi connectivity index (χ4v) is 2.71. The van der Waals surface area contributed by atoms with Crippen LogP contribution in [0.15, 0.2) is 48.5 Å². The van der Waals surface area contributed by atoms with Gasteiger partial charge in [-0.1, -0.05) is 17.3 Å². The Kier molecular flexibility index (Phi) is 6.24. The fraction of sp³-hybridized carbons (Fsp3) is 0.250. The Bertz CT molecular complexity index is 1030. The van der Waals surface area contributed by atoms with E-state index in [2.05, 4.69) is 15.6 Å². The van der Waals surface area contributed by atoms with Crippen LogP contribution in [0.4, 0.5) is 13.2 Å². The number of hydrogen-bond donors (Lipinski definition) is 1. The first kappa shape index (κ1) is 21.2. The van der Waals surface area contributed by atoms with Crippen molar-refractivity contribution < 1.29 is 27.4 Å². The lowest BCUT2D eigenvalue weighted by atomic mass is 10.2. The van der Waals surface area contributed by atoms with Gasteiger partial charge in [0, 0.05) is 6.07 Å². The van der Waals surface area contributed by atoms with Crippen molar-refractivity contribution in [1.82, 2.24) is 20.3 Å². The van der Waals surface area contributed by atoms with E-state index in [9.17, 15) is 18.0 Å². The molecule has 0 radical (unpaired) electrons. The minimum atomic E-state index is -4.44. The van der Waals surface area contributed by atoms with Crippen molar-refractivity contribution in [1.29, 1.82) is 0 Å². The van der Waals surface area contributed by atoms with E-state index < -0.39 is 17.6 Å². The fourth-order valence-electron chi connectivity index (χ4n) is 2.71. The molecule has 0 spiro atoms. The lowest BCUT2D eigenvalue weighted by molar-refractivity contribution is -0.137. The van der Waals surface area contributed by atoms with E-state index >= 15 is 0 Å². The second kappa shape index (κ2) is 8.85. The van der Waals surface area contributed by atoms with Gasteiger partial charge < -0.3 is 14.8 Å². The molecule has 1 N–H and O–H groups in total. The second-order valence-corrected chi connectivity index (χ2v) is 6.27.